The minimum Gasteiger partial charge on any atom is -0.496 e. The molecule has 0 bridgehead atoms. The molecule has 2 atom stereocenters. The molecule has 98 valence electrons. The molecule has 0 amide bonds. The van der Waals surface area contributed by atoms with Crippen LogP contribution in [0.5, 0.6) is 5.75 Å². The Hall–Kier alpha value is -2.18. The lowest BCUT2D eigenvalue weighted by Crippen LogP contribution is -2.29. The van der Waals surface area contributed by atoms with E-state index in [9.17, 15) is 20.2 Å². The Labute approximate surface area is 104 Å². The summed E-state index contributed by atoms with van der Waals surface area (Å²) in [5.74, 6) is -0.385. The maximum Gasteiger partial charge on any atom is 0.223 e. The summed E-state index contributed by atoms with van der Waals surface area (Å²) >= 11 is 0. The minimum atomic E-state index is -1.05. The van der Waals surface area contributed by atoms with Crippen molar-refractivity contribution in [2.75, 3.05) is 13.7 Å². The molecule has 0 N–H and O–H groups in total. The van der Waals surface area contributed by atoms with Gasteiger partial charge in [0.2, 0.25) is 12.6 Å². The van der Waals surface area contributed by atoms with E-state index < -0.39 is 28.4 Å². The first-order valence-corrected chi connectivity index (χ1v) is 5.35. The maximum absolute atomic E-state index is 10.8. The molecule has 7 heteroatoms. The number of benzene rings is 1. The molecule has 0 aromatic heterocycles. The first-order chi connectivity index (χ1) is 8.47. The average Bonchev–Trinajstić information content (AvgIpc) is 2.34. The van der Waals surface area contributed by atoms with Crippen molar-refractivity contribution in [1.82, 2.24) is 0 Å². The van der Waals surface area contributed by atoms with Gasteiger partial charge in [0.1, 0.15) is 11.7 Å². The van der Waals surface area contributed by atoms with Crippen LogP contribution < -0.4 is 4.74 Å². The Morgan fingerprint density at radius 2 is 1.89 bits per heavy atom. The quantitative estimate of drug-likeness (QED) is 0.568. The van der Waals surface area contributed by atoms with Crippen LogP contribution in [0.1, 0.15) is 18.4 Å². The first kappa shape index (κ1) is 13.9. The highest BCUT2D eigenvalue weighted by atomic mass is 16.6. The Bertz CT molecular complexity index is 449. The zero-order valence-electron chi connectivity index (χ0n) is 10.1. The molecule has 0 aliphatic rings. The molecule has 0 aliphatic carbocycles. The molecule has 0 unspecified atom stereocenters. The molecule has 0 spiro atoms. The van der Waals surface area contributed by atoms with E-state index in [1.165, 1.54) is 14.0 Å². The van der Waals surface area contributed by atoms with Crippen LogP contribution in [0.25, 0.3) is 0 Å². The fraction of sp³-hybridized carbons (Fsp3) is 0.455. The third kappa shape index (κ3) is 3.16. The topological polar surface area (TPSA) is 95.5 Å². The number of hydrogen-bond donors (Lipinski definition) is 0. The standard InChI is InChI=1S/C11H14N2O5/c1-8(13(16)17)10(7-12(14)15)9-5-3-4-6-11(9)18-2/h3-6,8,10H,7H2,1-2H3/t8-,10-/m0/s1. The summed E-state index contributed by atoms with van der Waals surface area (Å²) in [6.45, 7) is 0.864. The number of hydrogen-bond acceptors (Lipinski definition) is 5. The van der Waals surface area contributed by atoms with E-state index in [1.54, 1.807) is 24.3 Å². The number of nitro groups is 2. The molecular formula is C11H14N2O5. The fourth-order valence-electron chi connectivity index (χ4n) is 1.79. The van der Waals surface area contributed by atoms with Gasteiger partial charge in [0.05, 0.1) is 7.11 Å². The summed E-state index contributed by atoms with van der Waals surface area (Å²) < 4.78 is 5.09. The molecule has 7 nitrogen and oxygen atoms in total. The highest BCUT2D eigenvalue weighted by Crippen LogP contribution is 2.30. The number of para-hydroxylation sites is 1. The third-order valence-electron chi connectivity index (χ3n) is 2.80. The summed E-state index contributed by atoms with van der Waals surface area (Å²) in [6, 6.07) is 5.59. The van der Waals surface area contributed by atoms with Crippen LogP contribution in [0.4, 0.5) is 0 Å². The number of rotatable bonds is 6. The molecule has 0 saturated carbocycles. The Kier molecular flexibility index (Phi) is 4.59. The molecule has 1 aromatic carbocycles. The van der Waals surface area contributed by atoms with Crippen molar-refractivity contribution >= 4 is 0 Å². The predicted octanol–water partition coefficient (Wildman–Crippen LogP) is 1.72. The number of ether oxygens (including phenoxy) is 1. The zero-order valence-corrected chi connectivity index (χ0v) is 10.1. The van der Waals surface area contributed by atoms with Crippen LogP contribution >= 0.6 is 0 Å². The normalized spacial score (nSPS) is 13.7. The van der Waals surface area contributed by atoms with E-state index in [1.807, 2.05) is 0 Å². The molecule has 0 heterocycles. The van der Waals surface area contributed by atoms with Crippen molar-refractivity contribution in [2.24, 2.45) is 0 Å². The minimum absolute atomic E-state index is 0.429. The van der Waals surface area contributed by atoms with Gasteiger partial charge in [-0.2, -0.15) is 0 Å². The van der Waals surface area contributed by atoms with Crippen molar-refractivity contribution in [3.05, 3.63) is 50.1 Å². The van der Waals surface area contributed by atoms with Gasteiger partial charge < -0.3 is 4.74 Å². The van der Waals surface area contributed by atoms with E-state index in [-0.39, 0.29) is 0 Å². The molecule has 0 aliphatic heterocycles. The smallest absolute Gasteiger partial charge is 0.223 e. The van der Waals surface area contributed by atoms with Crippen LogP contribution in [0.3, 0.4) is 0 Å². The van der Waals surface area contributed by atoms with Crippen LogP contribution in [-0.2, 0) is 0 Å². The zero-order chi connectivity index (χ0) is 13.7. The van der Waals surface area contributed by atoms with Gasteiger partial charge in [0.25, 0.3) is 0 Å². The lowest BCUT2D eigenvalue weighted by atomic mass is 9.92. The van der Waals surface area contributed by atoms with Crippen LogP contribution in [0.15, 0.2) is 24.3 Å². The lowest BCUT2D eigenvalue weighted by Gasteiger charge is -2.17. The van der Waals surface area contributed by atoms with Crippen LogP contribution in [-0.4, -0.2) is 29.5 Å². The van der Waals surface area contributed by atoms with Crippen molar-refractivity contribution in [3.8, 4) is 5.75 Å². The van der Waals surface area contributed by atoms with Gasteiger partial charge in [-0.3, -0.25) is 20.2 Å². The molecule has 1 aromatic rings. The van der Waals surface area contributed by atoms with Gasteiger partial charge in [-0.1, -0.05) is 18.2 Å². The Balaban J connectivity index is 3.16. The highest BCUT2D eigenvalue weighted by molar-refractivity contribution is 5.36. The summed E-state index contributed by atoms with van der Waals surface area (Å²) in [5, 5.41) is 21.5. The fourth-order valence-corrected chi connectivity index (χ4v) is 1.79. The van der Waals surface area contributed by atoms with Gasteiger partial charge in [-0.05, 0) is 6.07 Å². The first-order valence-electron chi connectivity index (χ1n) is 5.35. The second-order valence-corrected chi connectivity index (χ2v) is 3.89. The van der Waals surface area contributed by atoms with Crippen LogP contribution in [0, 0.1) is 20.2 Å². The predicted molar refractivity (Wildman–Crippen MR) is 64.1 cm³/mol. The van der Waals surface area contributed by atoms with Crippen molar-refractivity contribution in [3.63, 3.8) is 0 Å². The van der Waals surface area contributed by atoms with Crippen LogP contribution in [0.2, 0.25) is 0 Å². The second-order valence-electron chi connectivity index (χ2n) is 3.89. The lowest BCUT2D eigenvalue weighted by molar-refractivity contribution is -0.543. The van der Waals surface area contributed by atoms with Crippen molar-refractivity contribution < 1.29 is 14.6 Å². The maximum atomic E-state index is 10.8. The molecule has 1 rings (SSSR count). The van der Waals surface area contributed by atoms with Crippen molar-refractivity contribution in [2.45, 2.75) is 18.9 Å². The number of nitrogens with zero attached hydrogens (tertiary/aromatic N) is 2. The molecule has 0 radical (unpaired) electrons. The van der Waals surface area contributed by atoms with Gasteiger partial charge in [-0.25, -0.2) is 0 Å². The van der Waals surface area contributed by atoms with Gasteiger partial charge in [0.15, 0.2) is 0 Å². The third-order valence-corrected chi connectivity index (χ3v) is 2.80. The van der Waals surface area contributed by atoms with Gasteiger partial charge in [-0.15, -0.1) is 0 Å². The Morgan fingerprint density at radius 1 is 1.28 bits per heavy atom. The highest BCUT2D eigenvalue weighted by Gasteiger charge is 2.34. The molecule has 0 fully saturated rings. The number of methoxy groups -OCH3 is 1. The van der Waals surface area contributed by atoms with E-state index in [2.05, 4.69) is 0 Å². The summed E-state index contributed by atoms with van der Waals surface area (Å²) in [5.41, 5.74) is 0.487. The summed E-state index contributed by atoms with van der Waals surface area (Å²) in [4.78, 5) is 20.4. The van der Waals surface area contributed by atoms with Gasteiger partial charge >= 0.3 is 0 Å². The van der Waals surface area contributed by atoms with E-state index >= 15 is 0 Å². The Morgan fingerprint density at radius 3 is 2.39 bits per heavy atom. The molecular weight excluding hydrogens is 240 g/mol. The van der Waals surface area contributed by atoms with E-state index in [0.29, 0.717) is 11.3 Å². The second kappa shape index (κ2) is 5.95. The molecule has 0 saturated heterocycles. The molecule has 18 heavy (non-hydrogen) atoms. The SMILES string of the molecule is COc1ccccc1[C@@H](C[N+](=O)[O-])[C@H](C)[N+](=O)[O-]. The van der Waals surface area contributed by atoms with E-state index in [4.69, 9.17) is 4.74 Å². The average molecular weight is 254 g/mol. The summed E-state index contributed by atoms with van der Waals surface area (Å²) in [6.07, 6.45) is 0. The van der Waals surface area contributed by atoms with E-state index in [0.717, 1.165) is 0 Å². The largest absolute Gasteiger partial charge is 0.496 e. The summed E-state index contributed by atoms with van der Waals surface area (Å²) in [7, 11) is 1.43. The monoisotopic (exact) mass is 254 g/mol. The van der Waals surface area contributed by atoms with Crippen molar-refractivity contribution in [1.29, 1.82) is 0 Å². The van der Waals surface area contributed by atoms with Gasteiger partial charge in [0, 0.05) is 22.3 Å².